The summed E-state index contributed by atoms with van der Waals surface area (Å²) in [6.07, 6.45) is 1.66. The van der Waals surface area contributed by atoms with Crippen LogP contribution in [0.25, 0.3) is 11.2 Å². The van der Waals surface area contributed by atoms with Crippen LogP contribution in [-0.4, -0.2) is 49.0 Å². The van der Waals surface area contributed by atoms with Crippen molar-refractivity contribution in [2.45, 2.75) is 46.1 Å². The zero-order chi connectivity index (χ0) is 24.5. The Morgan fingerprint density at radius 2 is 1.89 bits per heavy atom. The summed E-state index contributed by atoms with van der Waals surface area (Å²) >= 11 is 0. The number of likely N-dealkylation sites (tertiary alicyclic amines) is 1. The molecule has 9 nitrogen and oxygen atoms in total. The van der Waals surface area contributed by atoms with Crippen LogP contribution in [0.15, 0.2) is 47.3 Å². The van der Waals surface area contributed by atoms with Gasteiger partial charge in [-0.25, -0.2) is 14.5 Å². The van der Waals surface area contributed by atoms with Crippen LogP contribution in [0.4, 0.5) is 10.5 Å². The van der Waals surface area contributed by atoms with E-state index in [9.17, 15) is 9.59 Å². The molecule has 0 unspecified atom stereocenters. The van der Waals surface area contributed by atoms with Gasteiger partial charge in [-0.3, -0.25) is 4.79 Å². The molecule has 2 amide bonds. The van der Waals surface area contributed by atoms with Gasteiger partial charge in [0.1, 0.15) is 5.82 Å². The molecule has 3 heterocycles. The van der Waals surface area contributed by atoms with Crippen LogP contribution in [0.5, 0.6) is 0 Å². The molecule has 0 saturated carbocycles. The van der Waals surface area contributed by atoms with Gasteiger partial charge >= 0.3 is 6.03 Å². The van der Waals surface area contributed by atoms with E-state index in [2.05, 4.69) is 20.6 Å². The molecule has 5 rings (SSSR count). The van der Waals surface area contributed by atoms with E-state index in [0.717, 1.165) is 35.2 Å². The van der Waals surface area contributed by atoms with Crippen LogP contribution >= 0.6 is 0 Å². The van der Waals surface area contributed by atoms with Gasteiger partial charge in [0.15, 0.2) is 11.2 Å². The van der Waals surface area contributed by atoms with Gasteiger partial charge in [0, 0.05) is 24.7 Å². The summed E-state index contributed by atoms with van der Waals surface area (Å²) in [7, 11) is 0. The fourth-order valence-corrected chi connectivity index (χ4v) is 4.50. The van der Waals surface area contributed by atoms with E-state index in [0.29, 0.717) is 31.1 Å². The van der Waals surface area contributed by atoms with Crippen molar-refractivity contribution in [3.05, 3.63) is 80.9 Å². The first kappa shape index (κ1) is 22.8. The van der Waals surface area contributed by atoms with E-state index in [4.69, 9.17) is 4.98 Å². The summed E-state index contributed by atoms with van der Waals surface area (Å²) in [6.45, 7) is 7.63. The van der Waals surface area contributed by atoms with E-state index in [-0.39, 0.29) is 23.0 Å². The predicted molar refractivity (Wildman–Crippen MR) is 135 cm³/mol. The predicted octanol–water partition coefficient (Wildman–Crippen LogP) is 3.90. The van der Waals surface area contributed by atoms with Crippen molar-refractivity contribution in [2.24, 2.45) is 0 Å². The summed E-state index contributed by atoms with van der Waals surface area (Å²) in [5.74, 6) is 0.493. The fraction of sp³-hybridized carbons (Fsp3) is 0.346. The van der Waals surface area contributed by atoms with Gasteiger partial charge in [0.25, 0.3) is 5.56 Å². The molecule has 0 bridgehead atoms. The third-order valence-electron chi connectivity index (χ3n) is 6.57. The number of H-pyrrole nitrogens is 1. The molecule has 2 aromatic heterocycles. The maximum absolute atomic E-state index is 13.0. The Balaban J connectivity index is 1.37. The number of aryl methyl sites for hydroxylation is 3. The van der Waals surface area contributed by atoms with Gasteiger partial charge in [0.2, 0.25) is 0 Å². The minimum atomic E-state index is -0.308. The van der Waals surface area contributed by atoms with Crippen LogP contribution in [0, 0.1) is 20.8 Å². The zero-order valence-electron chi connectivity index (χ0n) is 20.2. The first-order valence-electron chi connectivity index (χ1n) is 11.9. The second-order valence-corrected chi connectivity index (χ2v) is 9.39. The Morgan fingerprint density at radius 3 is 2.69 bits per heavy atom. The fourth-order valence-electron chi connectivity index (χ4n) is 4.50. The highest BCUT2D eigenvalue weighted by molar-refractivity contribution is 5.90. The van der Waals surface area contributed by atoms with Gasteiger partial charge in [-0.2, -0.15) is 0 Å². The van der Waals surface area contributed by atoms with Crippen molar-refractivity contribution < 1.29 is 4.79 Å². The smallest absolute Gasteiger partial charge is 0.321 e. The summed E-state index contributed by atoms with van der Waals surface area (Å²) in [5, 5.41) is 11.3. The van der Waals surface area contributed by atoms with E-state index in [1.165, 1.54) is 5.56 Å². The minimum absolute atomic E-state index is 0.0760. The number of benzene rings is 2. The summed E-state index contributed by atoms with van der Waals surface area (Å²) < 4.78 is 1.66. The second kappa shape index (κ2) is 9.32. The molecule has 0 radical (unpaired) electrons. The van der Waals surface area contributed by atoms with Crippen molar-refractivity contribution in [1.29, 1.82) is 0 Å². The molecule has 1 fully saturated rings. The summed E-state index contributed by atoms with van der Waals surface area (Å²) in [4.78, 5) is 35.2. The first-order chi connectivity index (χ1) is 16.9. The molecule has 2 aromatic carbocycles. The standard InChI is InChI=1S/C26H29N7O2/c1-16-7-10-19(11-8-16)14-33-24-22(30-31-33)25(34)29-23(28-24)20-5-4-12-32(15-20)26(35)27-21-13-17(2)6-9-18(21)3/h6-11,13,20H,4-5,12,14-15H2,1-3H3,(H,27,35)(H,28,29,34)/t20-/m1/s1. The SMILES string of the molecule is Cc1ccc(Cn2nnc3c(=O)[nH]c([C@@H]4CCCN(C(=O)Nc5cc(C)ccc5C)C4)nc32)cc1. The number of piperidine rings is 1. The number of anilines is 1. The maximum Gasteiger partial charge on any atom is 0.321 e. The molecule has 0 aliphatic carbocycles. The van der Waals surface area contributed by atoms with Crippen molar-refractivity contribution in [3.63, 3.8) is 0 Å². The molecule has 1 saturated heterocycles. The molecule has 35 heavy (non-hydrogen) atoms. The lowest BCUT2D eigenvalue weighted by Crippen LogP contribution is -2.42. The van der Waals surface area contributed by atoms with Crippen LogP contribution in [-0.2, 0) is 6.54 Å². The molecule has 2 N–H and O–H groups in total. The molecule has 1 aliphatic rings. The lowest BCUT2D eigenvalue weighted by atomic mass is 9.97. The Morgan fingerprint density at radius 1 is 1.11 bits per heavy atom. The number of fused-ring (bicyclic) bond motifs is 1. The molecule has 1 aliphatic heterocycles. The summed E-state index contributed by atoms with van der Waals surface area (Å²) in [6, 6.07) is 14.0. The van der Waals surface area contributed by atoms with E-state index >= 15 is 0 Å². The van der Waals surface area contributed by atoms with Gasteiger partial charge in [-0.05, 0) is 56.4 Å². The third-order valence-corrected chi connectivity index (χ3v) is 6.57. The number of hydrogen-bond donors (Lipinski definition) is 2. The van der Waals surface area contributed by atoms with Crippen LogP contribution in [0.3, 0.4) is 0 Å². The van der Waals surface area contributed by atoms with Crippen molar-refractivity contribution in [1.82, 2.24) is 29.9 Å². The third kappa shape index (κ3) is 4.80. The molecule has 4 aromatic rings. The Bertz CT molecular complexity index is 1440. The van der Waals surface area contributed by atoms with Gasteiger partial charge < -0.3 is 15.2 Å². The number of hydrogen-bond acceptors (Lipinski definition) is 5. The highest BCUT2D eigenvalue weighted by atomic mass is 16.2. The number of nitrogens with zero attached hydrogens (tertiary/aromatic N) is 5. The Hall–Kier alpha value is -4.01. The highest BCUT2D eigenvalue weighted by Crippen LogP contribution is 2.26. The number of carbonyl (C=O) groups is 1. The van der Waals surface area contributed by atoms with Crippen molar-refractivity contribution in [2.75, 3.05) is 18.4 Å². The van der Waals surface area contributed by atoms with Crippen LogP contribution < -0.4 is 10.9 Å². The average Bonchev–Trinajstić information content (AvgIpc) is 3.26. The number of urea groups is 1. The van der Waals surface area contributed by atoms with E-state index in [1.54, 1.807) is 9.58 Å². The van der Waals surface area contributed by atoms with Crippen LogP contribution in [0.2, 0.25) is 0 Å². The molecular formula is C26H29N7O2. The average molecular weight is 472 g/mol. The monoisotopic (exact) mass is 471 g/mol. The molecule has 180 valence electrons. The number of carbonyl (C=O) groups excluding carboxylic acids is 1. The first-order valence-corrected chi connectivity index (χ1v) is 11.9. The largest absolute Gasteiger partial charge is 0.324 e. The van der Waals surface area contributed by atoms with Gasteiger partial charge in [-0.1, -0.05) is 47.2 Å². The van der Waals surface area contributed by atoms with Gasteiger partial charge in [0.05, 0.1) is 6.54 Å². The number of aromatic amines is 1. The molecular weight excluding hydrogens is 442 g/mol. The summed E-state index contributed by atoms with van der Waals surface area (Å²) in [5.41, 5.74) is 5.53. The highest BCUT2D eigenvalue weighted by Gasteiger charge is 2.27. The van der Waals surface area contributed by atoms with Gasteiger partial charge in [-0.15, -0.1) is 5.10 Å². The lowest BCUT2D eigenvalue weighted by Gasteiger charge is -2.32. The minimum Gasteiger partial charge on any atom is -0.324 e. The normalized spacial score (nSPS) is 16.0. The lowest BCUT2D eigenvalue weighted by molar-refractivity contribution is 0.191. The number of amides is 2. The Kier molecular flexibility index (Phi) is 6.07. The maximum atomic E-state index is 13.0. The number of rotatable bonds is 4. The number of aromatic nitrogens is 5. The molecule has 9 heteroatoms. The zero-order valence-corrected chi connectivity index (χ0v) is 20.2. The molecule has 0 spiro atoms. The molecule has 1 atom stereocenters. The quantitative estimate of drug-likeness (QED) is 0.469. The topological polar surface area (TPSA) is 109 Å². The Labute approximate surface area is 203 Å². The van der Waals surface area contributed by atoms with Crippen molar-refractivity contribution >= 4 is 22.9 Å². The van der Waals surface area contributed by atoms with E-state index in [1.807, 2.05) is 63.2 Å². The van der Waals surface area contributed by atoms with Crippen LogP contribution in [0.1, 0.15) is 46.8 Å². The van der Waals surface area contributed by atoms with E-state index < -0.39 is 0 Å². The van der Waals surface area contributed by atoms with Crippen molar-refractivity contribution in [3.8, 4) is 0 Å². The number of nitrogens with one attached hydrogen (secondary N) is 2. The second-order valence-electron chi connectivity index (χ2n) is 9.39.